The van der Waals surface area contributed by atoms with E-state index in [9.17, 15) is 9.59 Å². The summed E-state index contributed by atoms with van der Waals surface area (Å²) in [5.74, 6) is -1.02. The molecule has 0 bridgehead atoms. The molecule has 2 heterocycles. The van der Waals surface area contributed by atoms with E-state index in [2.05, 4.69) is 26.2 Å². The van der Waals surface area contributed by atoms with E-state index in [-0.39, 0.29) is 10.6 Å². The summed E-state index contributed by atoms with van der Waals surface area (Å²) >= 11 is 9.24. The molecule has 1 aliphatic heterocycles. The van der Waals surface area contributed by atoms with Crippen molar-refractivity contribution in [3.63, 3.8) is 0 Å². The van der Waals surface area contributed by atoms with Gasteiger partial charge in [-0.3, -0.25) is 14.9 Å². The number of aromatic amines is 1. The van der Waals surface area contributed by atoms with E-state index in [0.717, 1.165) is 15.4 Å². The van der Waals surface area contributed by atoms with Crippen molar-refractivity contribution in [3.05, 3.63) is 39.5 Å². The molecule has 0 radical (unpaired) electrons. The van der Waals surface area contributed by atoms with E-state index in [4.69, 9.17) is 11.6 Å². The van der Waals surface area contributed by atoms with Gasteiger partial charge in [0.1, 0.15) is 5.03 Å². The largest absolute Gasteiger partial charge is 0.361 e. The monoisotopic (exact) mass is 324 g/mol. The van der Waals surface area contributed by atoms with Crippen molar-refractivity contribution < 1.29 is 9.59 Å². The molecule has 0 spiro atoms. The second-order valence-electron chi connectivity index (χ2n) is 3.86. The highest BCUT2D eigenvalue weighted by atomic mass is 79.9. The number of H-pyrrole nitrogens is 1. The lowest BCUT2D eigenvalue weighted by Crippen LogP contribution is -2.22. The molecule has 0 saturated heterocycles. The van der Waals surface area contributed by atoms with Crippen LogP contribution in [0.1, 0.15) is 5.56 Å². The molecular weight excluding hydrogens is 320 g/mol. The molecule has 0 unspecified atom stereocenters. The number of carbonyl (C=O) groups excluding carboxylic acids is 2. The molecule has 4 nitrogen and oxygen atoms in total. The van der Waals surface area contributed by atoms with Crippen LogP contribution in [0.15, 0.2) is 33.9 Å². The van der Waals surface area contributed by atoms with Crippen molar-refractivity contribution in [2.24, 2.45) is 0 Å². The highest BCUT2D eigenvalue weighted by Crippen LogP contribution is 2.32. The average Bonchev–Trinajstić information content (AvgIpc) is 2.81. The van der Waals surface area contributed by atoms with Gasteiger partial charge in [-0.2, -0.15) is 0 Å². The molecule has 1 aromatic heterocycles. The molecule has 2 N–H and O–H groups in total. The Morgan fingerprint density at radius 3 is 2.61 bits per heavy atom. The van der Waals surface area contributed by atoms with Gasteiger partial charge in [0.2, 0.25) is 0 Å². The van der Waals surface area contributed by atoms with Crippen LogP contribution in [0.4, 0.5) is 0 Å². The third-order valence-electron chi connectivity index (χ3n) is 2.79. The Labute approximate surface area is 115 Å². The van der Waals surface area contributed by atoms with Crippen LogP contribution in [-0.2, 0) is 9.59 Å². The fraction of sp³-hybridized carbons (Fsp3) is 0. The van der Waals surface area contributed by atoms with Gasteiger partial charge in [-0.05, 0) is 12.1 Å². The van der Waals surface area contributed by atoms with Crippen LogP contribution in [-0.4, -0.2) is 16.8 Å². The molecule has 2 amide bonds. The zero-order valence-electron chi connectivity index (χ0n) is 8.88. The number of imide groups is 1. The van der Waals surface area contributed by atoms with Gasteiger partial charge < -0.3 is 4.98 Å². The van der Waals surface area contributed by atoms with E-state index in [1.54, 1.807) is 6.20 Å². The smallest absolute Gasteiger partial charge is 0.270 e. The molecule has 3 rings (SSSR count). The quantitative estimate of drug-likeness (QED) is 0.792. The third kappa shape index (κ3) is 1.59. The minimum absolute atomic E-state index is 0.0659. The van der Waals surface area contributed by atoms with Crippen LogP contribution >= 0.6 is 27.5 Å². The summed E-state index contributed by atoms with van der Waals surface area (Å²) in [5.41, 5.74) is 1.71. The van der Waals surface area contributed by atoms with Gasteiger partial charge in [-0.25, -0.2) is 0 Å². The highest BCUT2D eigenvalue weighted by Gasteiger charge is 2.31. The normalized spacial score (nSPS) is 15.7. The average molecular weight is 326 g/mol. The Balaban J connectivity index is 2.28. The summed E-state index contributed by atoms with van der Waals surface area (Å²) in [6.45, 7) is 0. The summed E-state index contributed by atoms with van der Waals surface area (Å²) in [7, 11) is 0. The number of rotatable bonds is 1. The standard InChI is InChI=1S/C12H6BrClN2O2/c13-5-1-2-6-7(4-15-8(6)3-5)9-10(14)12(18)16-11(9)17/h1-4,15H,(H,16,17,18). The predicted molar refractivity (Wildman–Crippen MR) is 71.9 cm³/mol. The molecule has 2 aromatic rings. The second kappa shape index (κ2) is 3.96. The van der Waals surface area contributed by atoms with Crippen molar-refractivity contribution >= 4 is 55.8 Å². The van der Waals surface area contributed by atoms with Crippen LogP contribution < -0.4 is 5.32 Å². The first-order valence-corrected chi connectivity index (χ1v) is 6.27. The summed E-state index contributed by atoms with van der Waals surface area (Å²) in [6.07, 6.45) is 1.67. The minimum atomic E-state index is -0.553. The predicted octanol–water partition coefficient (Wildman–Crippen LogP) is 2.54. The number of hydrogen-bond donors (Lipinski definition) is 2. The third-order valence-corrected chi connectivity index (χ3v) is 3.64. The number of nitrogens with one attached hydrogen (secondary N) is 2. The van der Waals surface area contributed by atoms with Gasteiger partial charge in [0.15, 0.2) is 0 Å². The number of aromatic nitrogens is 1. The molecule has 0 atom stereocenters. The van der Waals surface area contributed by atoms with Crippen molar-refractivity contribution in [2.75, 3.05) is 0 Å². The number of halogens is 2. The molecule has 0 saturated carbocycles. The van der Waals surface area contributed by atoms with Crippen LogP contribution in [0.2, 0.25) is 0 Å². The Hall–Kier alpha value is -1.59. The number of fused-ring (bicyclic) bond motifs is 1. The highest BCUT2D eigenvalue weighted by molar-refractivity contribution is 9.10. The van der Waals surface area contributed by atoms with E-state index in [1.807, 2.05) is 18.2 Å². The van der Waals surface area contributed by atoms with E-state index < -0.39 is 11.8 Å². The van der Waals surface area contributed by atoms with Gasteiger partial charge in [0.25, 0.3) is 11.8 Å². The molecule has 1 aliphatic rings. The number of hydrogen-bond acceptors (Lipinski definition) is 2. The first-order chi connectivity index (χ1) is 8.58. The van der Waals surface area contributed by atoms with E-state index in [0.29, 0.717) is 5.56 Å². The Morgan fingerprint density at radius 2 is 1.94 bits per heavy atom. The van der Waals surface area contributed by atoms with E-state index >= 15 is 0 Å². The van der Waals surface area contributed by atoms with Gasteiger partial charge in [-0.15, -0.1) is 0 Å². The summed E-state index contributed by atoms with van der Waals surface area (Å²) in [6, 6.07) is 5.61. The zero-order valence-corrected chi connectivity index (χ0v) is 11.2. The lowest BCUT2D eigenvalue weighted by atomic mass is 10.1. The molecular formula is C12H6BrClN2O2. The van der Waals surface area contributed by atoms with Crippen LogP contribution in [0.25, 0.3) is 16.5 Å². The zero-order chi connectivity index (χ0) is 12.9. The molecule has 18 heavy (non-hydrogen) atoms. The van der Waals surface area contributed by atoms with E-state index in [1.165, 1.54) is 0 Å². The van der Waals surface area contributed by atoms with Crippen LogP contribution in [0.3, 0.4) is 0 Å². The molecule has 0 aliphatic carbocycles. The van der Waals surface area contributed by atoms with Gasteiger partial charge in [-0.1, -0.05) is 33.6 Å². The number of carbonyl (C=O) groups is 2. The van der Waals surface area contributed by atoms with Gasteiger partial charge >= 0.3 is 0 Å². The van der Waals surface area contributed by atoms with Crippen molar-refractivity contribution in [3.8, 4) is 0 Å². The summed E-state index contributed by atoms with van der Waals surface area (Å²) in [4.78, 5) is 26.1. The fourth-order valence-corrected chi connectivity index (χ4v) is 2.58. The van der Waals surface area contributed by atoms with Gasteiger partial charge in [0.05, 0.1) is 5.57 Å². The van der Waals surface area contributed by atoms with Crippen molar-refractivity contribution in [1.29, 1.82) is 0 Å². The number of amides is 2. The lowest BCUT2D eigenvalue weighted by molar-refractivity contribution is -0.123. The maximum absolute atomic E-state index is 11.7. The first-order valence-electron chi connectivity index (χ1n) is 5.10. The Morgan fingerprint density at radius 1 is 1.17 bits per heavy atom. The molecule has 6 heteroatoms. The Bertz CT molecular complexity index is 733. The summed E-state index contributed by atoms with van der Waals surface area (Å²) < 4.78 is 0.926. The molecule has 0 fully saturated rings. The minimum Gasteiger partial charge on any atom is -0.361 e. The first kappa shape index (κ1) is 11.5. The maximum atomic E-state index is 11.7. The SMILES string of the molecule is O=C1NC(=O)C(c2c[nH]c3cc(Br)ccc23)=C1Cl. The Kier molecular flexibility index (Phi) is 2.53. The second-order valence-corrected chi connectivity index (χ2v) is 5.16. The lowest BCUT2D eigenvalue weighted by Gasteiger charge is -1.98. The molecule has 1 aromatic carbocycles. The van der Waals surface area contributed by atoms with Crippen molar-refractivity contribution in [1.82, 2.24) is 10.3 Å². The topological polar surface area (TPSA) is 62.0 Å². The van der Waals surface area contributed by atoms with Crippen molar-refractivity contribution in [2.45, 2.75) is 0 Å². The van der Waals surface area contributed by atoms with Crippen LogP contribution in [0, 0.1) is 0 Å². The van der Waals surface area contributed by atoms with Gasteiger partial charge in [0, 0.05) is 27.1 Å². The maximum Gasteiger partial charge on any atom is 0.270 e. The van der Waals surface area contributed by atoms with Crippen LogP contribution in [0.5, 0.6) is 0 Å². The summed E-state index contributed by atoms with van der Waals surface area (Å²) in [5, 5.41) is 2.95. The molecule has 90 valence electrons. The fourth-order valence-electron chi connectivity index (χ4n) is 1.98. The number of benzene rings is 1.